The lowest BCUT2D eigenvalue weighted by molar-refractivity contribution is 0.0599. The molecular formula is C14H10F2O5S. The smallest absolute Gasteiger partial charge is 0.341 e. The average Bonchev–Trinajstić information content (AvgIpc) is 2.49. The van der Waals surface area contributed by atoms with Gasteiger partial charge in [0.05, 0.1) is 7.11 Å². The molecule has 8 heteroatoms. The Kier molecular flexibility index (Phi) is 4.41. The SMILES string of the molecule is COC(=O)c1ccccc1OS(=O)(=O)c1ccc(F)c(F)c1. The lowest BCUT2D eigenvalue weighted by Crippen LogP contribution is -2.13. The topological polar surface area (TPSA) is 69.7 Å². The zero-order valence-electron chi connectivity index (χ0n) is 11.2. The van der Waals surface area contributed by atoms with Crippen molar-refractivity contribution in [1.82, 2.24) is 0 Å². The normalized spacial score (nSPS) is 11.0. The van der Waals surface area contributed by atoms with Gasteiger partial charge in [-0.25, -0.2) is 13.6 Å². The molecule has 2 aromatic rings. The van der Waals surface area contributed by atoms with Gasteiger partial charge in [0, 0.05) is 0 Å². The van der Waals surface area contributed by atoms with Crippen molar-refractivity contribution in [2.45, 2.75) is 4.90 Å². The van der Waals surface area contributed by atoms with Gasteiger partial charge in [-0.1, -0.05) is 12.1 Å². The maximum atomic E-state index is 13.1. The van der Waals surface area contributed by atoms with Crippen LogP contribution in [0, 0.1) is 11.6 Å². The first-order valence-electron chi connectivity index (χ1n) is 5.92. The van der Waals surface area contributed by atoms with E-state index in [1.165, 1.54) is 24.3 Å². The largest absolute Gasteiger partial charge is 0.465 e. The van der Waals surface area contributed by atoms with Crippen molar-refractivity contribution in [1.29, 1.82) is 0 Å². The minimum absolute atomic E-state index is 0.115. The first-order valence-corrected chi connectivity index (χ1v) is 7.33. The van der Waals surface area contributed by atoms with Gasteiger partial charge in [-0.3, -0.25) is 0 Å². The highest BCUT2D eigenvalue weighted by Crippen LogP contribution is 2.24. The Morgan fingerprint density at radius 1 is 1.05 bits per heavy atom. The van der Waals surface area contributed by atoms with Crippen molar-refractivity contribution in [2.24, 2.45) is 0 Å². The Balaban J connectivity index is 2.41. The predicted molar refractivity (Wildman–Crippen MR) is 72.0 cm³/mol. The van der Waals surface area contributed by atoms with Gasteiger partial charge in [0.15, 0.2) is 17.4 Å². The molecule has 2 aromatic carbocycles. The van der Waals surface area contributed by atoms with E-state index in [2.05, 4.69) is 4.74 Å². The summed E-state index contributed by atoms with van der Waals surface area (Å²) in [5.41, 5.74) is -0.115. The molecule has 0 fully saturated rings. The van der Waals surface area contributed by atoms with Crippen molar-refractivity contribution in [3.05, 3.63) is 59.7 Å². The van der Waals surface area contributed by atoms with Crippen molar-refractivity contribution in [3.8, 4) is 5.75 Å². The molecule has 0 aromatic heterocycles. The van der Waals surface area contributed by atoms with Crippen molar-refractivity contribution >= 4 is 16.1 Å². The van der Waals surface area contributed by atoms with Crippen LogP contribution in [0.4, 0.5) is 8.78 Å². The number of halogens is 2. The van der Waals surface area contributed by atoms with Crippen LogP contribution < -0.4 is 4.18 Å². The van der Waals surface area contributed by atoms with E-state index in [0.29, 0.717) is 12.1 Å². The van der Waals surface area contributed by atoms with Gasteiger partial charge in [0.25, 0.3) is 0 Å². The number of carbonyl (C=O) groups is 1. The fourth-order valence-corrected chi connectivity index (χ4v) is 2.58. The summed E-state index contributed by atoms with van der Waals surface area (Å²) in [5, 5.41) is 0. The highest BCUT2D eigenvalue weighted by Gasteiger charge is 2.22. The molecule has 2 rings (SSSR count). The van der Waals surface area contributed by atoms with Crippen molar-refractivity contribution in [3.63, 3.8) is 0 Å². The van der Waals surface area contributed by atoms with E-state index in [1.807, 2.05) is 0 Å². The zero-order chi connectivity index (χ0) is 16.3. The Bertz CT molecular complexity index is 818. The molecule has 0 unspecified atom stereocenters. The number of para-hydroxylation sites is 1. The molecule has 5 nitrogen and oxygen atoms in total. The van der Waals surface area contributed by atoms with Gasteiger partial charge in [-0.15, -0.1) is 0 Å². The first kappa shape index (κ1) is 15.9. The van der Waals surface area contributed by atoms with E-state index in [-0.39, 0.29) is 11.3 Å². The average molecular weight is 328 g/mol. The number of rotatable bonds is 4. The van der Waals surface area contributed by atoms with Crippen LogP contribution in [0.1, 0.15) is 10.4 Å². The highest BCUT2D eigenvalue weighted by atomic mass is 32.2. The molecule has 0 bridgehead atoms. The monoisotopic (exact) mass is 328 g/mol. The molecule has 0 aliphatic rings. The molecule has 0 radical (unpaired) electrons. The lowest BCUT2D eigenvalue weighted by Gasteiger charge is -2.10. The maximum absolute atomic E-state index is 13.1. The van der Waals surface area contributed by atoms with Gasteiger partial charge in [-0.2, -0.15) is 8.42 Å². The fourth-order valence-electron chi connectivity index (χ4n) is 1.62. The van der Waals surface area contributed by atoms with Gasteiger partial charge in [-0.05, 0) is 30.3 Å². The van der Waals surface area contributed by atoms with Crippen LogP contribution in [0.25, 0.3) is 0 Å². The number of carbonyl (C=O) groups excluding carboxylic acids is 1. The number of hydrogen-bond acceptors (Lipinski definition) is 5. The van der Waals surface area contributed by atoms with Crippen LogP contribution in [0.3, 0.4) is 0 Å². The van der Waals surface area contributed by atoms with E-state index in [4.69, 9.17) is 4.18 Å². The Morgan fingerprint density at radius 2 is 1.73 bits per heavy atom. The van der Waals surface area contributed by atoms with E-state index in [1.54, 1.807) is 0 Å². The van der Waals surface area contributed by atoms with Crippen LogP contribution in [0.15, 0.2) is 47.4 Å². The predicted octanol–water partition coefficient (Wildman–Crippen LogP) is 2.52. The summed E-state index contributed by atoms with van der Waals surface area (Å²) in [6, 6.07) is 7.50. The molecule has 0 spiro atoms. The highest BCUT2D eigenvalue weighted by molar-refractivity contribution is 7.87. The molecule has 0 amide bonds. The molecule has 0 saturated heterocycles. The van der Waals surface area contributed by atoms with E-state index < -0.39 is 32.6 Å². The number of ether oxygens (including phenoxy) is 1. The summed E-state index contributed by atoms with van der Waals surface area (Å²) in [5.74, 6) is -3.59. The second-order valence-electron chi connectivity index (χ2n) is 4.10. The van der Waals surface area contributed by atoms with E-state index in [0.717, 1.165) is 13.2 Å². The van der Waals surface area contributed by atoms with Crippen LogP contribution >= 0.6 is 0 Å². The summed E-state index contributed by atoms with van der Waals surface area (Å²) in [6.07, 6.45) is 0. The first-order chi connectivity index (χ1) is 10.3. The third kappa shape index (κ3) is 3.22. The molecule has 116 valence electrons. The zero-order valence-corrected chi connectivity index (χ0v) is 12.1. The number of methoxy groups -OCH3 is 1. The molecule has 0 heterocycles. The van der Waals surface area contributed by atoms with Gasteiger partial charge >= 0.3 is 16.1 Å². The summed E-state index contributed by atoms with van der Waals surface area (Å²) in [7, 11) is -3.30. The number of benzene rings is 2. The third-order valence-corrected chi connectivity index (χ3v) is 3.90. The molecule has 0 N–H and O–H groups in total. The van der Waals surface area contributed by atoms with Crippen LogP contribution in [0.5, 0.6) is 5.75 Å². The standard InChI is InChI=1S/C14H10F2O5S/c1-20-14(17)10-4-2-3-5-13(10)21-22(18,19)9-6-7-11(15)12(16)8-9/h2-8H,1H3. The van der Waals surface area contributed by atoms with E-state index in [9.17, 15) is 22.0 Å². The second-order valence-corrected chi connectivity index (χ2v) is 5.65. The third-order valence-electron chi connectivity index (χ3n) is 2.67. The summed E-state index contributed by atoms with van der Waals surface area (Å²) >= 11 is 0. The summed E-state index contributed by atoms with van der Waals surface area (Å²) in [4.78, 5) is 11.0. The van der Waals surface area contributed by atoms with Gasteiger partial charge in [0.1, 0.15) is 10.5 Å². The minimum atomic E-state index is -4.43. The molecule has 0 atom stereocenters. The molecule has 0 aliphatic carbocycles. The Labute approximate surface area is 125 Å². The van der Waals surface area contributed by atoms with Gasteiger partial charge in [0.2, 0.25) is 0 Å². The number of esters is 1. The molecule has 22 heavy (non-hydrogen) atoms. The Morgan fingerprint density at radius 3 is 2.36 bits per heavy atom. The minimum Gasteiger partial charge on any atom is -0.465 e. The van der Waals surface area contributed by atoms with Crippen LogP contribution in [-0.2, 0) is 14.9 Å². The molecule has 0 aliphatic heterocycles. The van der Waals surface area contributed by atoms with Crippen LogP contribution in [0.2, 0.25) is 0 Å². The molecular weight excluding hydrogens is 318 g/mol. The Hall–Kier alpha value is -2.48. The van der Waals surface area contributed by atoms with Crippen molar-refractivity contribution in [2.75, 3.05) is 7.11 Å². The number of hydrogen-bond donors (Lipinski definition) is 0. The summed E-state index contributed by atoms with van der Waals surface area (Å²) in [6.45, 7) is 0. The lowest BCUT2D eigenvalue weighted by atomic mass is 10.2. The van der Waals surface area contributed by atoms with Crippen molar-refractivity contribution < 1.29 is 30.9 Å². The maximum Gasteiger partial charge on any atom is 0.341 e. The molecule has 0 saturated carbocycles. The van der Waals surface area contributed by atoms with E-state index >= 15 is 0 Å². The summed E-state index contributed by atoms with van der Waals surface area (Å²) < 4.78 is 59.5. The fraction of sp³-hybridized carbons (Fsp3) is 0.0714. The van der Waals surface area contributed by atoms with Gasteiger partial charge < -0.3 is 8.92 Å². The quantitative estimate of drug-likeness (QED) is 0.637. The van der Waals surface area contributed by atoms with Crippen LogP contribution in [-0.4, -0.2) is 21.5 Å². The second kappa shape index (κ2) is 6.10.